The number of amides is 1. The minimum atomic E-state index is -3.84. The summed E-state index contributed by atoms with van der Waals surface area (Å²) in [5.74, 6) is 1.05. The van der Waals surface area contributed by atoms with Crippen LogP contribution in [0.15, 0.2) is 47.4 Å². The van der Waals surface area contributed by atoms with Gasteiger partial charge in [-0.25, -0.2) is 13.6 Å². The van der Waals surface area contributed by atoms with Crippen LogP contribution in [0.5, 0.6) is 11.5 Å². The molecule has 3 N–H and O–H groups in total. The Morgan fingerprint density at radius 1 is 1.12 bits per heavy atom. The highest BCUT2D eigenvalue weighted by Crippen LogP contribution is 2.19. The van der Waals surface area contributed by atoms with E-state index in [0.717, 1.165) is 5.75 Å². The van der Waals surface area contributed by atoms with Crippen LogP contribution in [-0.2, 0) is 14.8 Å². The van der Waals surface area contributed by atoms with Gasteiger partial charge in [-0.15, -0.1) is 0 Å². The van der Waals surface area contributed by atoms with Gasteiger partial charge in [0.2, 0.25) is 15.9 Å². The molecule has 0 unspecified atom stereocenters. The Kier molecular flexibility index (Phi) is 6.00. The van der Waals surface area contributed by atoms with Crippen molar-refractivity contribution in [3.63, 3.8) is 0 Å². The van der Waals surface area contributed by atoms with Crippen molar-refractivity contribution in [1.82, 2.24) is 0 Å². The van der Waals surface area contributed by atoms with Crippen LogP contribution >= 0.6 is 0 Å². The van der Waals surface area contributed by atoms with Crippen LogP contribution in [-0.4, -0.2) is 28.0 Å². The summed E-state index contributed by atoms with van der Waals surface area (Å²) in [6.07, 6.45) is 0.116. The number of benzene rings is 2. The monoisotopic (exact) mass is 364 g/mol. The Bertz CT molecular complexity index is 848. The molecule has 1 amide bonds. The minimum Gasteiger partial charge on any atom is -0.497 e. The van der Waals surface area contributed by atoms with E-state index in [1.54, 1.807) is 50.4 Å². The van der Waals surface area contributed by atoms with Gasteiger partial charge in [0.15, 0.2) is 0 Å². The summed E-state index contributed by atoms with van der Waals surface area (Å²) in [5, 5.41) is 7.78. The molecular weight excluding hydrogens is 344 g/mol. The fourth-order valence-corrected chi connectivity index (χ4v) is 2.95. The number of nitrogens with one attached hydrogen (secondary N) is 1. The van der Waals surface area contributed by atoms with E-state index in [2.05, 4.69) is 5.32 Å². The Morgan fingerprint density at radius 2 is 1.76 bits per heavy atom. The molecule has 0 saturated carbocycles. The van der Waals surface area contributed by atoms with Crippen molar-refractivity contribution in [2.75, 3.05) is 19.0 Å². The number of carbonyl (C=O) groups is 1. The lowest BCUT2D eigenvalue weighted by Crippen LogP contribution is -2.17. The molecule has 0 heterocycles. The Balaban J connectivity index is 1.90. The standard InChI is InChI=1S/C17H20N2O5S/c1-12-3-4-13(11-16(12)25(18,21)22)19-17(20)9-10-24-15-7-5-14(23-2)6-8-15/h3-8,11H,9-10H2,1-2H3,(H,19,20)(H2,18,21,22). The maximum Gasteiger partial charge on any atom is 0.238 e. The molecule has 2 aromatic rings. The molecule has 0 aromatic heterocycles. The highest BCUT2D eigenvalue weighted by molar-refractivity contribution is 7.89. The van der Waals surface area contributed by atoms with E-state index >= 15 is 0 Å². The first-order valence-corrected chi connectivity index (χ1v) is 9.04. The second-order valence-corrected chi connectivity index (χ2v) is 6.88. The topological polar surface area (TPSA) is 108 Å². The number of methoxy groups -OCH3 is 1. The first-order valence-electron chi connectivity index (χ1n) is 7.50. The number of sulfonamides is 1. The molecule has 0 aliphatic heterocycles. The number of aryl methyl sites for hydroxylation is 1. The van der Waals surface area contributed by atoms with Gasteiger partial charge in [0.05, 0.1) is 25.0 Å². The highest BCUT2D eigenvalue weighted by Gasteiger charge is 2.13. The zero-order chi connectivity index (χ0) is 18.4. The smallest absolute Gasteiger partial charge is 0.238 e. The lowest BCUT2D eigenvalue weighted by Gasteiger charge is -2.10. The van der Waals surface area contributed by atoms with E-state index in [1.807, 2.05) is 0 Å². The maximum absolute atomic E-state index is 12.0. The molecule has 0 spiro atoms. The molecule has 2 rings (SSSR count). The molecule has 0 aliphatic carbocycles. The molecule has 2 aromatic carbocycles. The molecule has 8 heteroatoms. The van der Waals surface area contributed by atoms with Gasteiger partial charge in [0.25, 0.3) is 0 Å². The number of anilines is 1. The van der Waals surface area contributed by atoms with Crippen molar-refractivity contribution in [1.29, 1.82) is 0 Å². The Morgan fingerprint density at radius 3 is 2.36 bits per heavy atom. The van der Waals surface area contributed by atoms with Crippen molar-refractivity contribution in [2.24, 2.45) is 5.14 Å². The number of carbonyl (C=O) groups excluding carboxylic acids is 1. The average Bonchev–Trinajstić information content (AvgIpc) is 2.56. The third kappa shape index (κ3) is 5.47. The molecule has 0 bridgehead atoms. The zero-order valence-electron chi connectivity index (χ0n) is 14.0. The van der Waals surface area contributed by atoms with Crippen LogP contribution in [0.25, 0.3) is 0 Å². The second-order valence-electron chi connectivity index (χ2n) is 5.35. The van der Waals surface area contributed by atoms with E-state index < -0.39 is 10.0 Å². The van der Waals surface area contributed by atoms with E-state index in [-0.39, 0.29) is 23.8 Å². The summed E-state index contributed by atoms with van der Waals surface area (Å²) in [6.45, 7) is 1.82. The quantitative estimate of drug-likeness (QED) is 0.782. The van der Waals surface area contributed by atoms with Crippen LogP contribution in [0.2, 0.25) is 0 Å². The number of ether oxygens (including phenoxy) is 2. The van der Waals surface area contributed by atoms with Crippen molar-refractivity contribution in [3.8, 4) is 11.5 Å². The molecule has 25 heavy (non-hydrogen) atoms. The molecule has 134 valence electrons. The van der Waals surface area contributed by atoms with Crippen LogP contribution in [0.1, 0.15) is 12.0 Å². The minimum absolute atomic E-state index is 0.0141. The predicted octanol–water partition coefficient (Wildman–Crippen LogP) is 2.06. The van der Waals surface area contributed by atoms with Crippen molar-refractivity contribution in [3.05, 3.63) is 48.0 Å². The van der Waals surface area contributed by atoms with Gasteiger partial charge in [0, 0.05) is 5.69 Å². The van der Waals surface area contributed by atoms with Crippen LogP contribution in [0, 0.1) is 6.92 Å². The van der Waals surface area contributed by atoms with Gasteiger partial charge in [-0.2, -0.15) is 0 Å². The fourth-order valence-electron chi connectivity index (χ4n) is 2.14. The summed E-state index contributed by atoms with van der Waals surface area (Å²) in [5.41, 5.74) is 0.882. The van der Waals surface area contributed by atoms with E-state index in [9.17, 15) is 13.2 Å². The summed E-state index contributed by atoms with van der Waals surface area (Å²) in [6, 6.07) is 11.6. The summed E-state index contributed by atoms with van der Waals surface area (Å²) in [4.78, 5) is 11.9. The molecular formula is C17H20N2O5S. The first kappa shape index (κ1) is 18.8. The number of rotatable bonds is 7. The molecule has 0 atom stereocenters. The predicted molar refractivity (Wildman–Crippen MR) is 94.3 cm³/mol. The van der Waals surface area contributed by atoms with E-state index in [4.69, 9.17) is 14.6 Å². The third-order valence-electron chi connectivity index (χ3n) is 3.44. The number of primary sulfonamides is 1. The molecule has 0 radical (unpaired) electrons. The van der Waals surface area contributed by atoms with Crippen LogP contribution < -0.4 is 19.9 Å². The second kappa shape index (κ2) is 8.00. The van der Waals surface area contributed by atoms with Gasteiger partial charge in [-0.05, 0) is 48.9 Å². The van der Waals surface area contributed by atoms with Gasteiger partial charge in [0.1, 0.15) is 11.5 Å². The van der Waals surface area contributed by atoms with Gasteiger partial charge in [-0.1, -0.05) is 6.07 Å². The number of hydrogen-bond acceptors (Lipinski definition) is 5. The molecule has 7 nitrogen and oxygen atoms in total. The average molecular weight is 364 g/mol. The van der Waals surface area contributed by atoms with Gasteiger partial charge < -0.3 is 14.8 Å². The van der Waals surface area contributed by atoms with Gasteiger partial charge >= 0.3 is 0 Å². The van der Waals surface area contributed by atoms with Crippen molar-refractivity contribution < 1.29 is 22.7 Å². The van der Waals surface area contributed by atoms with Crippen LogP contribution in [0.3, 0.4) is 0 Å². The lowest BCUT2D eigenvalue weighted by molar-refractivity contribution is -0.116. The SMILES string of the molecule is COc1ccc(OCCC(=O)Nc2ccc(C)c(S(N)(=O)=O)c2)cc1. The molecule has 0 saturated heterocycles. The first-order chi connectivity index (χ1) is 11.8. The Labute approximate surface area is 146 Å². The Hall–Kier alpha value is -2.58. The van der Waals surface area contributed by atoms with E-state index in [1.165, 1.54) is 6.07 Å². The number of hydrogen-bond donors (Lipinski definition) is 2. The van der Waals surface area contributed by atoms with Gasteiger partial charge in [-0.3, -0.25) is 4.79 Å². The third-order valence-corrected chi connectivity index (χ3v) is 4.49. The molecule has 0 fully saturated rings. The summed E-state index contributed by atoms with van der Waals surface area (Å²) >= 11 is 0. The maximum atomic E-state index is 12.0. The summed E-state index contributed by atoms with van der Waals surface area (Å²) < 4.78 is 33.5. The normalized spacial score (nSPS) is 11.0. The fraction of sp³-hybridized carbons (Fsp3) is 0.235. The molecule has 0 aliphatic rings. The van der Waals surface area contributed by atoms with E-state index in [0.29, 0.717) is 17.0 Å². The number of nitrogens with two attached hydrogens (primary N) is 1. The van der Waals surface area contributed by atoms with Crippen LogP contribution in [0.4, 0.5) is 5.69 Å². The summed E-state index contributed by atoms with van der Waals surface area (Å²) in [7, 11) is -2.26. The van der Waals surface area contributed by atoms with Crippen molar-refractivity contribution >= 4 is 21.6 Å². The zero-order valence-corrected chi connectivity index (χ0v) is 14.8. The lowest BCUT2D eigenvalue weighted by atomic mass is 10.2. The van der Waals surface area contributed by atoms with Crippen molar-refractivity contribution in [2.45, 2.75) is 18.2 Å². The largest absolute Gasteiger partial charge is 0.497 e. The highest BCUT2D eigenvalue weighted by atomic mass is 32.2.